The van der Waals surface area contributed by atoms with Crippen molar-refractivity contribution in [2.45, 2.75) is 6.18 Å². The minimum absolute atomic E-state index is 0.292. The standard InChI is InChI=1S/C11H11ClF3NO/c1-16(7-11(13,14)15)6-10(17)8-3-2-4-9(12)5-8/h2-5H,6-7H2,1H3. The van der Waals surface area contributed by atoms with Crippen LogP contribution >= 0.6 is 11.6 Å². The first-order valence-electron chi connectivity index (χ1n) is 4.82. The van der Waals surface area contributed by atoms with Crippen LogP contribution in [0.1, 0.15) is 10.4 Å². The van der Waals surface area contributed by atoms with Crippen molar-refractivity contribution in [3.05, 3.63) is 34.9 Å². The molecular formula is C11H11ClF3NO. The molecule has 1 aromatic rings. The van der Waals surface area contributed by atoms with Gasteiger partial charge in [-0.25, -0.2) is 0 Å². The lowest BCUT2D eigenvalue weighted by Gasteiger charge is -2.17. The van der Waals surface area contributed by atoms with Gasteiger partial charge in [-0.2, -0.15) is 13.2 Å². The van der Waals surface area contributed by atoms with Crippen LogP contribution in [0.4, 0.5) is 13.2 Å². The summed E-state index contributed by atoms with van der Waals surface area (Å²) >= 11 is 5.69. The van der Waals surface area contributed by atoms with Crippen LogP contribution in [0.25, 0.3) is 0 Å². The summed E-state index contributed by atoms with van der Waals surface area (Å²) in [5.41, 5.74) is 0.312. The normalized spacial score (nSPS) is 11.9. The molecule has 0 atom stereocenters. The molecule has 0 amide bonds. The summed E-state index contributed by atoms with van der Waals surface area (Å²) in [7, 11) is 1.25. The minimum Gasteiger partial charge on any atom is -0.293 e. The second-order valence-corrected chi connectivity index (χ2v) is 4.16. The number of hydrogen-bond acceptors (Lipinski definition) is 2. The van der Waals surface area contributed by atoms with Crippen LogP contribution in [0.5, 0.6) is 0 Å². The van der Waals surface area contributed by atoms with Gasteiger partial charge in [-0.1, -0.05) is 23.7 Å². The largest absolute Gasteiger partial charge is 0.401 e. The molecule has 0 bridgehead atoms. The van der Waals surface area contributed by atoms with E-state index in [1.165, 1.54) is 19.2 Å². The van der Waals surface area contributed by atoms with Crippen molar-refractivity contribution in [1.29, 1.82) is 0 Å². The van der Waals surface area contributed by atoms with Crippen LogP contribution in [-0.4, -0.2) is 37.0 Å². The first kappa shape index (κ1) is 14.0. The SMILES string of the molecule is CN(CC(=O)c1cccc(Cl)c1)CC(F)(F)F. The summed E-state index contributed by atoms with van der Waals surface area (Å²) in [5, 5.41) is 0.384. The van der Waals surface area contributed by atoms with Crippen LogP contribution in [0.3, 0.4) is 0 Å². The van der Waals surface area contributed by atoms with E-state index in [0.717, 1.165) is 4.90 Å². The Labute approximate surface area is 102 Å². The van der Waals surface area contributed by atoms with E-state index in [2.05, 4.69) is 0 Å². The van der Waals surface area contributed by atoms with Gasteiger partial charge in [0.2, 0.25) is 0 Å². The quantitative estimate of drug-likeness (QED) is 0.780. The summed E-state index contributed by atoms with van der Waals surface area (Å²) in [4.78, 5) is 12.5. The topological polar surface area (TPSA) is 20.3 Å². The molecule has 94 valence electrons. The van der Waals surface area contributed by atoms with Crippen LogP contribution in [0, 0.1) is 0 Å². The van der Waals surface area contributed by atoms with Crippen molar-refractivity contribution in [2.24, 2.45) is 0 Å². The Morgan fingerprint density at radius 2 is 2.06 bits per heavy atom. The molecule has 0 N–H and O–H groups in total. The highest BCUT2D eigenvalue weighted by atomic mass is 35.5. The molecule has 0 heterocycles. The van der Waals surface area contributed by atoms with E-state index in [-0.39, 0.29) is 12.3 Å². The lowest BCUT2D eigenvalue weighted by Crippen LogP contribution is -2.34. The van der Waals surface area contributed by atoms with Crippen LogP contribution in [0.15, 0.2) is 24.3 Å². The van der Waals surface area contributed by atoms with Crippen molar-refractivity contribution in [2.75, 3.05) is 20.1 Å². The zero-order valence-corrected chi connectivity index (χ0v) is 9.85. The third-order valence-electron chi connectivity index (χ3n) is 2.01. The fourth-order valence-electron chi connectivity index (χ4n) is 1.36. The third kappa shape index (κ3) is 5.19. The second-order valence-electron chi connectivity index (χ2n) is 3.72. The molecule has 2 nitrogen and oxygen atoms in total. The summed E-state index contributed by atoms with van der Waals surface area (Å²) in [5.74, 6) is -0.390. The Kier molecular flexibility index (Phi) is 4.54. The van der Waals surface area contributed by atoms with Gasteiger partial charge in [-0.05, 0) is 19.2 Å². The zero-order valence-electron chi connectivity index (χ0n) is 9.09. The summed E-state index contributed by atoms with van der Waals surface area (Å²) in [6.45, 7) is -1.40. The number of alkyl halides is 3. The number of carbonyl (C=O) groups is 1. The molecule has 6 heteroatoms. The summed E-state index contributed by atoms with van der Waals surface area (Å²) in [6, 6.07) is 6.14. The molecule has 0 aliphatic heterocycles. The molecule has 17 heavy (non-hydrogen) atoms. The van der Waals surface area contributed by atoms with Gasteiger partial charge >= 0.3 is 6.18 Å². The van der Waals surface area contributed by atoms with Gasteiger partial charge in [0.25, 0.3) is 0 Å². The Bertz CT molecular complexity index is 406. The van der Waals surface area contributed by atoms with E-state index < -0.39 is 12.7 Å². The number of halogens is 4. The maximum Gasteiger partial charge on any atom is 0.401 e. The first-order chi connectivity index (χ1) is 7.78. The van der Waals surface area contributed by atoms with E-state index in [0.29, 0.717) is 10.6 Å². The number of rotatable bonds is 4. The number of benzene rings is 1. The van der Waals surface area contributed by atoms with Gasteiger partial charge in [0, 0.05) is 10.6 Å². The van der Waals surface area contributed by atoms with Gasteiger partial charge in [0.1, 0.15) is 0 Å². The van der Waals surface area contributed by atoms with Crippen molar-refractivity contribution in [3.63, 3.8) is 0 Å². The Hall–Kier alpha value is -1.07. The van der Waals surface area contributed by atoms with E-state index in [1.807, 2.05) is 0 Å². The van der Waals surface area contributed by atoms with Crippen molar-refractivity contribution < 1.29 is 18.0 Å². The molecular weight excluding hydrogens is 255 g/mol. The minimum atomic E-state index is -4.30. The maximum atomic E-state index is 12.0. The lowest BCUT2D eigenvalue weighted by atomic mass is 10.1. The molecule has 0 unspecified atom stereocenters. The van der Waals surface area contributed by atoms with E-state index >= 15 is 0 Å². The summed E-state index contributed by atoms with van der Waals surface area (Å²) in [6.07, 6.45) is -4.30. The van der Waals surface area contributed by atoms with Crippen molar-refractivity contribution in [3.8, 4) is 0 Å². The Morgan fingerprint density at radius 1 is 1.41 bits per heavy atom. The highest BCUT2D eigenvalue weighted by molar-refractivity contribution is 6.31. The predicted molar refractivity (Wildman–Crippen MR) is 59.3 cm³/mol. The number of ketones is 1. The molecule has 0 fully saturated rings. The number of Topliss-reactive ketones (excluding diaryl/α,β-unsaturated/α-hetero) is 1. The van der Waals surface area contributed by atoms with Crippen LogP contribution in [0.2, 0.25) is 5.02 Å². The highest BCUT2D eigenvalue weighted by Crippen LogP contribution is 2.16. The third-order valence-corrected chi connectivity index (χ3v) is 2.24. The molecule has 0 spiro atoms. The van der Waals surface area contributed by atoms with E-state index in [9.17, 15) is 18.0 Å². The molecule has 0 saturated heterocycles. The maximum absolute atomic E-state index is 12.0. The first-order valence-corrected chi connectivity index (χ1v) is 5.20. The number of hydrogen-bond donors (Lipinski definition) is 0. The van der Waals surface area contributed by atoms with Crippen molar-refractivity contribution >= 4 is 17.4 Å². The van der Waals surface area contributed by atoms with Gasteiger partial charge < -0.3 is 0 Å². The van der Waals surface area contributed by atoms with Crippen LogP contribution < -0.4 is 0 Å². The number of nitrogens with zero attached hydrogens (tertiary/aromatic N) is 1. The van der Waals surface area contributed by atoms with Gasteiger partial charge in [-0.15, -0.1) is 0 Å². The fourth-order valence-corrected chi connectivity index (χ4v) is 1.55. The van der Waals surface area contributed by atoms with Gasteiger partial charge in [0.15, 0.2) is 5.78 Å². The lowest BCUT2D eigenvalue weighted by molar-refractivity contribution is -0.141. The zero-order chi connectivity index (χ0) is 13.1. The molecule has 0 aromatic heterocycles. The number of carbonyl (C=O) groups excluding carboxylic acids is 1. The average molecular weight is 266 g/mol. The van der Waals surface area contributed by atoms with E-state index in [4.69, 9.17) is 11.6 Å². The summed E-state index contributed by atoms with van der Waals surface area (Å²) < 4.78 is 36.1. The molecule has 1 aromatic carbocycles. The predicted octanol–water partition coefficient (Wildman–Crippen LogP) is 3.02. The highest BCUT2D eigenvalue weighted by Gasteiger charge is 2.29. The Morgan fingerprint density at radius 3 is 2.59 bits per heavy atom. The average Bonchev–Trinajstić information content (AvgIpc) is 2.14. The number of likely N-dealkylation sites (N-methyl/N-ethyl adjacent to an activating group) is 1. The smallest absolute Gasteiger partial charge is 0.293 e. The van der Waals surface area contributed by atoms with Crippen molar-refractivity contribution in [1.82, 2.24) is 4.90 Å². The fraction of sp³-hybridized carbons (Fsp3) is 0.364. The molecule has 0 aliphatic rings. The Balaban J connectivity index is 2.61. The molecule has 0 saturated carbocycles. The monoisotopic (exact) mass is 265 g/mol. The van der Waals surface area contributed by atoms with E-state index in [1.54, 1.807) is 12.1 Å². The molecule has 0 radical (unpaired) electrons. The van der Waals surface area contributed by atoms with Gasteiger partial charge in [0.05, 0.1) is 13.1 Å². The molecule has 0 aliphatic carbocycles. The molecule has 1 rings (SSSR count). The van der Waals surface area contributed by atoms with Crippen LogP contribution in [-0.2, 0) is 0 Å². The van der Waals surface area contributed by atoms with Gasteiger partial charge in [-0.3, -0.25) is 9.69 Å². The second kappa shape index (κ2) is 5.51.